The van der Waals surface area contributed by atoms with E-state index in [1.54, 1.807) is 18.2 Å². The van der Waals surface area contributed by atoms with Gasteiger partial charge in [0.2, 0.25) is 5.91 Å². The average molecular weight is 565 g/mol. The van der Waals surface area contributed by atoms with Crippen molar-refractivity contribution in [1.82, 2.24) is 15.5 Å². The molecule has 4 N–H and O–H groups in total. The summed E-state index contributed by atoms with van der Waals surface area (Å²) in [6, 6.07) is 23.7. The highest BCUT2D eigenvalue weighted by Crippen LogP contribution is 2.49. The lowest BCUT2D eigenvalue weighted by molar-refractivity contribution is -0.135. The number of fused-ring (bicyclic) bond motifs is 1. The van der Waals surface area contributed by atoms with Gasteiger partial charge in [0.05, 0.1) is 5.54 Å². The molecule has 1 amide bonds. The number of nitrogens with zero attached hydrogens (tertiary/aromatic N) is 1. The van der Waals surface area contributed by atoms with E-state index in [0.717, 1.165) is 32.5 Å². The Bertz CT molecular complexity index is 1390. The molecule has 1 aliphatic heterocycles. The Morgan fingerprint density at radius 2 is 1.62 bits per heavy atom. The average Bonchev–Trinajstić information content (AvgIpc) is 3.79. The molecule has 1 saturated heterocycles. The molecule has 0 atom stereocenters. The number of nitrogens with one attached hydrogen (secondary N) is 2. The van der Waals surface area contributed by atoms with Crippen LogP contribution in [-0.4, -0.2) is 37.5 Å². The van der Waals surface area contributed by atoms with Crippen molar-refractivity contribution in [1.29, 1.82) is 0 Å². The van der Waals surface area contributed by atoms with Crippen molar-refractivity contribution in [2.24, 2.45) is 11.1 Å². The summed E-state index contributed by atoms with van der Waals surface area (Å²) in [6.07, 6.45) is 11.3. The van der Waals surface area contributed by atoms with E-state index < -0.39 is 0 Å². The predicted molar refractivity (Wildman–Crippen MR) is 180 cm³/mol. The minimum atomic E-state index is 0.0322. The number of nitrogens with two attached hydrogens (primary N) is 1. The van der Waals surface area contributed by atoms with Crippen LogP contribution in [0.2, 0.25) is 0 Å². The van der Waals surface area contributed by atoms with E-state index in [-0.39, 0.29) is 11.4 Å². The van der Waals surface area contributed by atoms with Gasteiger partial charge in [-0.25, -0.2) is 0 Å². The summed E-state index contributed by atoms with van der Waals surface area (Å²) < 4.78 is 0. The molecule has 0 aromatic heterocycles. The van der Waals surface area contributed by atoms with E-state index in [1.807, 2.05) is 18.0 Å². The number of hydrogen-bond donors (Lipinski definition) is 3. The predicted octanol–water partition coefficient (Wildman–Crippen LogP) is 6.93. The Morgan fingerprint density at radius 3 is 2.21 bits per heavy atom. The Kier molecular flexibility index (Phi) is 11.9. The monoisotopic (exact) mass is 564 g/mol. The first-order chi connectivity index (χ1) is 20.2. The molecule has 3 aromatic rings. The van der Waals surface area contributed by atoms with E-state index in [2.05, 4.69) is 117 Å². The van der Waals surface area contributed by atoms with Crippen LogP contribution in [0.25, 0.3) is 16.5 Å². The second-order valence-electron chi connectivity index (χ2n) is 11.6. The van der Waals surface area contributed by atoms with Crippen LogP contribution in [-0.2, 0) is 16.9 Å². The molecule has 1 heterocycles. The lowest BCUT2D eigenvalue weighted by atomic mass is 9.84. The van der Waals surface area contributed by atoms with Crippen LogP contribution >= 0.6 is 0 Å². The number of likely N-dealkylation sites (tertiary alicyclic amines) is 1. The fourth-order valence-corrected chi connectivity index (χ4v) is 5.27. The van der Waals surface area contributed by atoms with Crippen LogP contribution in [0.15, 0.2) is 110 Å². The van der Waals surface area contributed by atoms with Crippen molar-refractivity contribution in [3.05, 3.63) is 127 Å². The number of amides is 1. The third-order valence-electron chi connectivity index (χ3n) is 7.54. The number of rotatable bonds is 9. The number of allylic oxidation sites excluding steroid dienone is 3. The van der Waals surface area contributed by atoms with Crippen LogP contribution in [0.5, 0.6) is 0 Å². The van der Waals surface area contributed by atoms with Gasteiger partial charge in [-0.2, -0.15) is 0 Å². The molecule has 222 valence electrons. The molecule has 0 bridgehead atoms. The van der Waals surface area contributed by atoms with Gasteiger partial charge < -0.3 is 21.3 Å². The number of carbonyl (C=O) groups is 1. The highest BCUT2D eigenvalue weighted by Gasteiger charge is 2.45. The Hall–Kier alpha value is -3.93. The number of carbonyl (C=O) groups excluding carboxylic acids is 1. The zero-order valence-electron chi connectivity index (χ0n) is 25.8. The molecule has 0 spiro atoms. The molecule has 5 heteroatoms. The minimum absolute atomic E-state index is 0.0322. The fraction of sp³-hybridized carbons (Fsp3) is 0.324. The Labute approximate surface area is 252 Å². The molecule has 1 saturated carbocycles. The second kappa shape index (κ2) is 15.3. The van der Waals surface area contributed by atoms with E-state index in [0.29, 0.717) is 12.0 Å². The summed E-state index contributed by atoms with van der Waals surface area (Å²) in [6.45, 7) is 16.2. The van der Waals surface area contributed by atoms with Gasteiger partial charge in [-0.3, -0.25) is 4.79 Å². The lowest BCUT2D eigenvalue weighted by Crippen LogP contribution is -2.54. The van der Waals surface area contributed by atoms with Crippen LogP contribution in [0.4, 0.5) is 0 Å². The molecular weight excluding hydrogens is 516 g/mol. The zero-order valence-corrected chi connectivity index (χ0v) is 25.8. The van der Waals surface area contributed by atoms with Gasteiger partial charge in [0, 0.05) is 43.5 Å². The van der Waals surface area contributed by atoms with Gasteiger partial charge in [-0.05, 0) is 54.1 Å². The summed E-state index contributed by atoms with van der Waals surface area (Å²) in [5, 5.41) is 9.46. The summed E-state index contributed by atoms with van der Waals surface area (Å²) in [7, 11) is 1.86. The van der Waals surface area contributed by atoms with Crippen LogP contribution in [0.1, 0.15) is 50.3 Å². The first-order valence-corrected chi connectivity index (χ1v) is 14.8. The summed E-state index contributed by atoms with van der Waals surface area (Å²) in [5.74, 6) is 0.134. The zero-order chi connectivity index (χ0) is 30.6. The molecule has 5 rings (SSSR count). The maximum absolute atomic E-state index is 11.4. The molecule has 5 nitrogen and oxygen atoms in total. The third kappa shape index (κ3) is 8.54. The summed E-state index contributed by atoms with van der Waals surface area (Å²) >= 11 is 0. The Morgan fingerprint density at radius 1 is 0.976 bits per heavy atom. The molecule has 0 unspecified atom stereocenters. The summed E-state index contributed by atoms with van der Waals surface area (Å²) in [5.41, 5.74) is 11.3. The van der Waals surface area contributed by atoms with Gasteiger partial charge in [-0.1, -0.05) is 118 Å². The van der Waals surface area contributed by atoms with Crippen molar-refractivity contribution in [2.45, 2.75) is 45.7 Å². The lowest BCUT2D eigenvalue weighted by Gasteiger charge is -2.45. The van der Waals surface area contributed by atoms with Crippen molar-refractivity contribution >= 4 is 22.4 Å². The maximum Gasteiger partial charge on any atom is 0.246 e. The fourth-order valence-electron chi connectivity index (χ4n) is 5.27. The van der Waals surface area contributed by atoms with Crippen LogP contribution in [0.3, 0.4) is 0 Å². The SMILES string of the molecule is C=CC=C.CC=C(NC1(c2cccc3ccccc23)CC1)c1ccccc1CN.CNC/C=C/C(=O)N1CC(C)(C)C1. The van der Waals surface area contributed by atoms with Crippen molar-refractivity contribution in [3.8, 4) is 0 Å². The van der Waals surface area contributed by atoms with Crippen molar-refractivity contribution < 1.29 is 4.79 Å². The molecule has 1 aliphatic carbocycles. The first kappa shape index (κ1) is 32.6. The van der Waals surface area contributed by atoms with Gasteiger partial charge in [0.1, 0.15) is 0 Å². The largest absolute Gasteiger partial charge is 0.375 e. The smallest absolute Gasteiger partial charge is 0.246 e. The van der Waals surface area contributed by atoms with Crippen molar-refractivity contribution in [2.75, 3.05) is 26.7 Å². The molecule has 0 radical (unpaired) electrons. The van der Waals surface area contributed by atoms with Gasteiger partial charge in [-0.15, -0.1) is 0 Å². The normalized spacial score (nSPS) is 16.3. The summed E-state index contributed by atoms with van der Waals surface area (Å²) in [4.78, 5) is 13.3. The maximum atomic E-state index is 11.4. The third-order valence-corrected chi connectivity index (χ3v) is 7.54. The first-order valence-electron chi connectivity index (χ1n) is 14.8. The van der Waals surface area contributed by atoms with Crippen LogP contribution in [0, 0.1) is 5.41 Å². The highest BCUT2D eigenvalue weighted by molar-refractivity contribution is 5.88. The quantitative estimate of drug-likeness (QED) is 0.195. The number of benzene rings is 3. The molecule has 2 aliphatic rings. The topological polar surface area (TPSA) is 70.4 Å². The molecule has 42 heavy (non-hydrogen) atoms. The minimum Gasteiger partial charge on any atom is -0.375 e. The van der Waals surface area contributed by atoms with E-state index in [9.17, 15) is 4.79 Å². The number of likely N-dealkylation sites (N-methyl/N-ethyl adjacent to an activating group) is 1. The highest BCUT2D eigenvalue weighted by atomic mass is 16.2. The molecular formula is C37H48N4O. The van der Waals surface area contributed by atoms with Crippen LogP contribution < -0.4 is 16.4 Å². The van der Waals surface area contributed by atoms with Gasteiger partial charge >= 0.3 is 0 Å². The Balaban J connectivity index is 0.000000239. The number of hydrogen-bond acceptors (Lipinski definition) is 4. The van der Waals surface area contributed by atoms with Crippen molar-refractivity contribution in [3.63, 3.8) is 0 Å². The molecule has 3 aromatic carbocycles. The van der Waals surface area contributed by atoms with E-state index in [1.165, 1.54) is 33.2 Å². The second-order valence-corrected chi connectivity index (χ2v) is 11.6. The molecule has 2 fully saturated rings. The standard InChI is InChI=1S/C23H24N2.C10H18N2O.C4H6/c1-2-22(20-12-6-4-9-18(20)16-24)25-23(14-15-23)21-13-7-10-17-8-3-5-11-19(17)21;1-10(2)7-12(8-10)9(13)5-4-6-11-3;1-3-4-2/h2-13,25H,14-16,24H2,1H3;4-5,11H,6-8H2,1-3H3;3-4H,1-2H2/b;5-4+;. The van der Waals surface area contributed by atoms with E-state index >= 15 is 0 Å². The van der Waals surface area contributed by atoms with E-state index in [4.69, 9.17) is 5.73 Å². The van der Waals surface area contributed by atoms with Gasteiger partial charge in [0.15, 0.2) is 0 Å². The van der Waals surface area contributed by atoms with Gasteiger partial charge in [0.25, 0.3) is 0 Å².